The predicted molar refractivity (Wildman–Crippen MR) is 119 cm³/mol. The van der Waals surface area contributed by atoms with Crippen LogP contribution in [0.4, 0.5) is 0 Å². The summed E-state index contributed by atoms with van der Waals surface area (Å²) in [5, 5.41) is 3.06. The van der Waals surface area contributed by atoms with Crippen molar-refractivity contribution in [3.05, 3.63) is 59.7 Å². The molecule has 4 rings (SSSR count). The lowest BCUT2D eigenvalue weighted by Crippen LogP contribution is -2.34. The number of carbonyl (C=O) groups excluding carboxylic acids is 1. The minimum absolute atomic E-state index is 0.0159. The molecule has 2 aromatic rings. The quantitative estimate of drug-likeness (QED) is 0.738. The van der Waals surface area contributed by atoms with Gasteiger partial charge in [-0.15, -0.1) is 0 Å². The molecule has 31 heavy (non-hydrogen) atoms. The van der Waals surface area contributed by atoms with Crippen LogP contribution in [0.2, 0.25) is 0 Å². The predicted octanol–water partition coefficient (Wildman–Crippen LogP) is 3.82. The summed E-state index contributed by atoms with van der Waals surface area (Å²) < 4.78 is 32.9. The van der Waals surface area contributed by atoms with Gasteiger partial charge >= 0.3 is 0 Å². The maximum absolute atomic E-state index is 12.9. The van der Waals surface area contributed by atoms with Crippen molar-refractivity contribution >= 4 is 15.9 Å². The highest BCUT2D eigenvalue weighted by Crippen LogP contribution is 2.29. The first-order valence-electron chi connectivity index (χ1n) is 11.1. The number of nitrogens with one attached hydrogen (secondary N) is 1. The largest absolute Gasteiger partial charge is 0.484 e. The molecule has 1 atom stereocenters. The first kappa shape index (κ1) is 21.8. The van der Waals surface area contributed by atoms with Gasteiger partial charge in [0.2, 0.25) is 10.0 Å². The minimum atomic E-state index is -3.48. The molecule has 1 saturated heterocycles. The van der Waals surface area contributed by atoms with E-state index in [2.05, 4.69) is 17.4 Å². The third-order valence-corrected chi connectivity index (χ3v) is 8.01. The summed E-state index contributed by atoms with van der Waals surface area (Å²) >= 11 is 0. The molecule has 1 aliphatic heterocycles. The average molecular weight is 443 g/mol. The molecule has 1 aliphatic carbocycles. The summed E-state index contributed by atoms with van der Waals surface area (Å²) in [4.78, 5) is 12.7. The summed E-state index contributed by atoms with van der Waals surface area (Å²) in [6.45, 7) is 1.05. The van der Waals surface area contributed by atoms with Crippen LogP contribution in [0.25, 0.3) is 0 Å². The van der Waals surface area contributed by atoms with Crippen molar-refractivity contribution < 1.29 is 17.9 Å². The number of carbonyl (C=O) groups is 1. The minimum Gasteiger partial charge on any atom is -0.484 e. The van der Waals surface area contributed by atoms with Crippen LogP contribution in [0.5, 0.6) is 5.75 Å². The van der Waals surface area contributed by atoms with E-state index in [0.717, 1.165) is 44.9 Å². The molecule has 0 unspecified atom stereocenters. The van der Waals surface area contributed by atoms with Crippen LogP contribution in [0.3, 0.4) is 0 Å². The molecule has 0 bridgehead atoms. The molecule has 1 heterocycles. The molecular weight excluding hydrogens is 412 g/mol. The van der Waals surface area contributed by atoms with E-state index in [9.17, 15) is 13.2 Å². The number of hydrogen-bond acceptors (Lipinski definition) is 4. The van der Waals surface area contributed by atoms with Crippen LogP contribution >= 0.6 is 0 Å². The van der Waals surface area contributed by atoms with Crippen LogP contribution in [-0.2, 0) is 21.2 Å². The number of ether oxygens (including phenoxy) is 1. The van der Waals surface area contributed by atoms with Gasteiger partial charge in [0.15, 0.2) is 6.61 Å². The molecule has 0 radical (unpaired) electrons. The lowest BCUT2D eigenvalue weighted by atomic mass is 9.88. The zero-order valence-electron chi connectivity index (χ0n) is 17.8. The van der Waals surface area contributed by atoms with Crippen LogP contribution in [0.1, 0.15) is 55.7 Å². The van der Waals surface area contributed by atoms with Crippen molar-refractivity contribution in [3.8, 4) is 5.75 Å². The van der Waals surface area contributed by atoms with Gasteiger partial charge in [0.05, 0.1) is 10.9 Å². The summed E-state index contributed by atoms with van der Waals surface area (Å²) in [5.74, 6) is 0.303. The molecule has 7 heteroatoms. The van der Waals surface area contributed by atoms with Gasteiger partial charge in [-0.3, -0.25) is 4.79 Å². The first-order valence-corrected chi connectivity index (χ1v) is 12.6. The van der Waals surface area contributed by atoms with E-state index in [1.807, 2.05) is 12.1 Å². The smallest absolute Gasteiger partial charge is 0.258 e. The van der Waals surface area contributed by atoms with Crippen LogP contribution in [0.15, 0.2) is 53.4 Å². The second kappa shape index (κ2) is 9.83. The Labute approximate surface area is 184 Å². The topological polar surface area (TPSA) is 75.7 Å². The molecule has 1 fully saturated rings. The van der Waals surface area contributed by atoms with Gasteiger partial charge in [-0.25, -0.2) is 8.42 Å². The molecule has 166 valence electrons. The van der Waals surface area contributed by atoms with Crippen molar-refractivity contribution in [2.24, 2.45) is 0 Å². The molecule has 1 amide bonds. The number of rotatable bonds is 6. The molecule has 0 aromatic heterocycles. The second-order valence-corrected chi connectivity index (χ2v) is 10.2. The van der Waals surface area contributed by atoms with Crippen molar-refractivity contribution in [1.82, 2.24) is 9.62 Å². The van der Waals surface area contributed by atoms with Crippen molar-refractivity contribution in [1.29, 1.82) is 0 Å². The molecule has 2 aliphatic rings. The number of amides is 1. The maximum atomic E-state index is 12.9. The van der Waals surface area contributed by atoms with Crippen molar-refractivity contribution in [2.75, 3.05) is 19.7 Å². The lowest BCUT2D eigenvalue weighted by molar-refractivity contribution is -0.124. The highest BCUT2D eigenvalue weighted by atomic mass is 32.2. The maximum Gasteiger partial charge on any atom is 0.258 e. The normalized spacial score (nSPS) is 19.8. The first-order chi connectivity index (χ1) is 15.0. The SMILES string of the molecule is O=C(COc1ccc(S(=O)(=O)N2CCCCCC2)cc1)N[C@H]1CCCc2ccccc21. The Hall–Kier alpha value is -2.38. The van der Waals surface area contributed by atoms with Gasteiger partial charge in [0.1, 0.15) is 5.75 Å². The standard InChI is InChI=1S/C24H30N2O4S/c27-24(25-23-11-7-9-19-8-3-4-10-22(19)23)18-30-20-12-14-21(15-13-20)31(28,29)26-16-5-1-2-6-17-26/h3-4,8,10,12-15,23H,1-2,5-7,9,11,16-18H2,(H,25,27)/t23-/m0/s1. The highest BCUT2D eigenvalue weighted by molar-refractivity contribution is 7.89. The Morgan fingerprint density at radius 2 is 1.68 bits per heavy atom. The van der Waals surface area contributed by atoms with Crippen LogP contribution in [-0.4, -0.2) is 38.3 Å². The zero-order chi connectivity index (χ0) is 21.7. The number of hydrogen-bond donors (Lipinski definition) is 1. The second-order valence-electron chi connectivity index (χ2n) is 8.29. The fourth-order valence-corrected chi connectivity index (χ4v) is 5.94. The fraction of sp³-hybridized carbons (Fsp3) is 0.458. The Morgan fingerprint density at radius 1 is 0.968 bits per heavy atom. The van der Waals surface area contributed by atoms with Gasteiger partial charge in [-0.1, -0.05) is 37.1 Å². The number of benzene rings is 2. The van der Waals surface area contributed by atoms with Gasteiger partial charge in [-0.05, 0) is 67.5 Å². The van der Waals surface area contributed by atoms with Gasteiger partial charge in [0, 0.05) is 13.1 Å². The van der Waals surface area contributed by atoms with Gasteiger partial charge < -0.3 is 10.1 Å². The third kappa shape index (κ3) is 5.28. The Kier molecular flexibility index (Phi) is 6.92. The monoisotopic (exact) mass is 442 g/mol. The molecule has 1 N–H and O–H groups in total. The molecular formula is C24H30N2O4S. The van der Waals surface area contributed by atoms with Crippen LogP contribution < -0.4 is 10.1 Å². The summed E-state index contributed by atoms with van der Waals surface area (Å²) in [5.41, 5.74) is 2.48. The number of aryl methyl sites for hydroxylation is 1. The average Bonchev–Trinajstić information content (AvgIpc) is 3.09. The van der Waals surface area contributed by atoms with E-state index in [0.29, 0.717) is 18.8 Å². The Balaban J connectivity index is 1.33. The van der Waals surface area contributed by atoms with E-state index >= 15 is 0 Å². The number of nitrogens with zero attached hydrogens (tertiary/aromatic N) is 1. The Morgan fingerprint density at radius 3 is 2.42 bits per heavy atom. The Bertz CT molecular complexity index is 996. The zero-order valence-corrected chi connectivity index (χ0v) is 18.6. The molecule has 0 spiro atoms. The molecule has 6 nitrogen and oxygen atoms in total. The summed E-state index contributed by atoms with van der Waals surface area (Å²) in [6, 6.07) is 14.6. The van der Waals surface area contributed by atoms with Gasteiger partial charge in [0.25, 0.3) is 5.91 Å². The van der Waals surface area contributed by atoms with E-state index in [4.69, 9.17) is 4.74 Å². The fourth-order valence-electron chi connectivity index (χ4n) is 4.43. The summed E-state index contributed by atoms with van der Waals surface area (Å²) in [7, 11) is -3.48. The van der Waals surface area contributed by atoms with E-state index in [1.54, 1.807) is 28.6 Å². The lowest BCUT2D eigenvalue weighted by Gasteiger charge is -2.26. The molecule has 0 saturated carbocycles. The van der Waals surface area contributed by atoms with Crippen molar-refractivity contribution in [2.45, 2.75) is 55.9 Å². The summed E-state index contributed by atoms with van der Waals surface area (Å²) in [6.07, 6.45) is 6.98. The van der Waals surface area contributed by atoms with E-state index < -0.39 is 10.0 Å². The number of sulfonamides is 1. The highest BCUT2D eigenvalue weighted by Gasteiger charge is 2.25. The van der Waals surface area contributed by atoms with Gasteiger partial charge in [-0.2, -0.15) is 4.31 Å². The number of fused-ring (bicyclic) bond motifs is 1. The van der Waals surface area contributed by atoms with E-state index in [-0.39, 0.29) is 23.5 Å². The van der Waals surface area contributed by atoms with Crippen LogP contribution in [0, 0.1) is 0 Å². The van der Waals surface area contributed by atoms with Crippen molar-refractivity contribution in [3.63, 3.8) is 0 Å². The third-order valence-electron chi connectivity index (χ3n) is 6.10. The van der Waals surface area contributed by atoms with E-state index in [1.165, 1.54) is 11.1 Å². The molecule has 2 aromatic carbocycles.